The molecule has 1 amide bonds. The number of rotatable bonds is 6. The molecule has 1 aromatic rings. The SMILES string of the molecule is CC(C)N(CCCO)C(=O)c1cc(Cl)ccc1NN. The van der Waals surface area contributed by atoms with Crippen molar-refractivity contribution in [3.8, 4) is 0 Å². The van der Waals surface area contributed by atoms with Crippen molar-refractivity contribution in [2.24, 2.45) is 5.84 Å². The summed E-state index contributed by atoms with van der Waals surface area (Å²) >= 11 is 5.93. The van der Waals surface area contributed by atoms with E-state index < -0.39 is 0 Å². The molecule has 106 valence electrons. The van der Waals surface area contributed by atoms with Crippen LogP contribution in [0.5, 0.6) is 0 Å². The van der Waals surface area contributed by atoms with Crippen LogP contribution in [-0.4, -0.2) is 35.1 Å². The number of halogens is 1. The zero-order chi connectivity index (χ0) is 14.4. The van der Waals surface area contributed by atoms with Crippen LogP contribution in [-0.2, 0) is 0 Å². The van der Waals surface area contributed by atoms with Gasteiger partial charge in [-0.3, -0.25) is 10.6 Å². The number of benzene rings is 1. The zero-order valence-electron chi connectivity index (χ0n) is 11.2. The molecule has 0 saturated heterocycles. The lowest BCUT2D eigenvalue weighted by Gasteiger charge is -2.27. The van der Waals surface area contributed by atoms with Gasteiger partial charge in [0.2, 0.25) is 0 Å². The quantitative estimate of drug-likeness (QED) is 0.551. The highest BCUT2D eigenvalue weighted by Gasteiger charge is 2.21. The van der Waals surface area contributed by atoms with Crippen LogP contribution in [0.1, 0.15) is 30.6 Å². The highest BCUT2D eigenvalue weighted by atomic mass is 35.5. The fourth-order valence-corrected chi connectivity index (χ4v) is 1.98. The highest BCUT2D eigenvalue weighted by Crippen LogP contribution is 2.22. The number of aliphatic hydroxyl groups excluding tert-OH is 1. The number of carbonyl (C=O) groups excluding carboxylic acids is 1. The van der Waals surface area contributed by atoms with Crippen molar-refractivity contribution >= 4 is 23.2 Å². The Labute approximate surface area is 118 Å². The van der Waals surface area contributed by atoms with Crippen LogP contribution in [0.4, 0.5) is 5.69 Å². The molecule has 0 fully saturated rings. The summed E-state index contributed by atoms with van der Waals surface area (Å²) in [6.07, 6.45) is 0.538. The number of nitrogens with one attached hydrogen (secondary N) is 1. The van der Waals surface area contributed by atoms with Crippen molar-refractivity contribution in [2.45, 2.75) is 26.3 Å². The van der Waals surface area contributed by atoms with E-state index >= 15 is 0 Å². The van der Waals surface area contributed by atoms with Crippen LogP contribution in [0.25, 0.3) is 0 Å². The molecule has 0 aromatic heterocycles. The van der Waals surface area contributed by atoms with Gasteiger partial charge in [-0.15, -0.1) is 0 Å². The number of aliphatic hydroxyl groups is 1. The number of anilines is 1. The molecule has 4 N–H and O–H groups in total. The molecule has 19 heavy (non-hydrogen) atoms. The van der Waals surface area contributed by atoms with Gasteiger partial charge in [-0.05, 0) is 38.5 Å². The van der Waals surface area contributed by atoms with Crippen molar-refractivity contribution in [2.75, 3.05) is 18.6 Å². The molecular weight excluding hydrogens is 266 g/mol. The van der Waals surface area contributed by atoms with Gasteiger partial charge in [0.25, 0.3) is 5.91 Å². The third-order valence-corrected chi connectivity index (χ3v) is 3.04. The van der Waals surface area contributed by atoms with E-state index in [4.69, 9.17) is 22.6 Å². The Morgan fingerprint density at radius 3 is 2.74 bits per heavy atom. The third kappa shape index (κ3) is 4.09. The number of nitrogens with two attached hydrogens (primary N) is 1. The van der Waals surface area contributed by atoms with Crippen molar-refractivity contribution in [3.05, 3.63) is 28.8 Å². The van der Waals surface area contributed by atoms with E-state index in [1.54, 1.807) is 23.1 Å². The van der Waals surface area contributed by atoms with Crippen molar-refractivity contribution in [1.29, 1.82) is 0 Å². The lowest BCUT2D eigenvalue weighted by atomic mass is 10.1. The monoisotopic (exact) mass is 285 g/mol. The molecule has 0 aliphatic rings. The number of carbonyl (C=O) groups is 1. The Morgan fingerprint density at radius 1 is 1.53 bits per heavy atom. The molecule has 5 nitrogen and oxygen atoms in total. The molecule has 0 unspecified atom stereocenters. The molecule has 0 spiro atoms. The first-order valence-corrected chi connectivity index (χ1v) is 6.57. The van der Waals surface area contributed by atoms with Crippen molar-refractivity contribution in [3.63, 3.8) is 0 Å². The first-order chi connectivity index (χ1) is 9.01. The van der Waals surface area contributed by atoms with Crippen molar-refractivity contribution in [1.82, 2.24) is 4.90 Å². The van der Waals surface area contributed by atoms with E-state index in [9.17, 15) is 4.79 Å². The Morgan fingerprint density at radius 2 is 2.21 bits per heavy atom. The van der Waals surface area contributed by atoms with Gasteiger partial charge in [0, 0.05) is 24.2 Å². The number of nitrogen functional groups attached to an aromatic ring is 1. The Kier molecular flexibility index (Phi) is 6.08. The molecule has 1 aromatic carbocycles. The summed E-state index contributed by atoms with van der Waals surface area (Å²) in [5, 5.41) is 9.38. The van der Waals surface area contributed by atoms with Gasteiger partial charge < -0.3 is 15.4 Å². The normalized spacial score (nSPS) is 10.6. The molecule has 0 bridgehead atoms. The van der Waals surface area contributed by atoms with E-state index in [2.05, 4.69) is 5.43 Å². The molecule has 0 atom stereocenters. The standard InChI is InChI=1S/C13H20ClN3O2/c1-9(2)17(6-3-7-18)13(19)11-8-10(14)4-5-12(11)16-15/h4-5,8-9,16,18H,3,6-7,15H2,1-2H3. The molecule has 0 aliphatic carbocycles. The second kappa shape index (κ2) is 7.33. The minimum absolute atomic E-state index is 0.0312. The summed E-state index contributed by atoms with van der Waals surface area (Å²) in [6.45, 7) is 4.39. The van der Waals surface area contributed by atoms with Gasteiger partial charge in [0.05, 0.1) is 11.3 Å². The lowest BCUT2D eigenvalue weighted by Crippen LogP contribution is -2.38. The van der Waals surface area contributed by atoms with Crippen molar-refractivity contribution < 1.29 is 9.90 Å². The van der Waals surface area contributed by atoms with Gasteiger partial charge in [-0.2, -0.15) is 0 Å². The molecular formula is C13H20ClN3O2. The first-order valence-electron chi connectivity index (χ1n) is 6.19. The number of amides is 1. The van der Waals surface area contributed by atoms with Crippen LogP contribution in [0.15, 0.2) is 18.2 Å². The van der Waals surface area contributed by atoms with Crippen LogP contribution in [0.2, 0.25) is 5.02 Å². The third-order valence-electron chi connectivity index (χ3n) is 2.81. The van der Waals surface area contributed by atoms with E-state index in [0.29, 0.717) is 29.2 Å². The Balaban J connectivity index is 3.04. The van der Waals surface area contributed by atoms with Gasteiger partial charge in [0.1, 0.15) is 0 Å². The molecule has 1 rings (SSSR count). The van der Waals surface area contributed by atoms with Crippen LogP contribution >= 0.6 is 11.6 Å². The largest absolute Gasteiger partial charge is 0.396 e. The fraction of sp³-hybridized carbons (Fsp3) is 0.462. The summed E-state index contributed by atoms with van der Waals surface area (Å²) in [5.41, 5.74) is 3.46. The summed E-state index contributed by atoms with van der Waals surface area (Å²) in [4.78, 5) is 14.2. The predicted molar refractivity (Wildman–Crippen MR) is 77.1 cm³/mol. The minimum atomic E-state index is -0.154. The Bertz CT molecular complexity index is 438. The fourth-order valence-electron chi connectivity index (χ4n) is 1.81. The summed E-state index contributed by atoms with van der Waals surface area (Å²) in [7, 11) is 0. The molecule has 0 radical (unpaired) electrons. The molecule has 0 heterocycles. The van der Waals surface area contributed by atoms with Crippen LogP contribution < -0.4 is 11.3 Å². The molecule has 6 heteroatoms. The maximum atomic E-state index is 12.5. The van der Waals surface area contributed by atoms with E-state index in [1.165, 1.54) is 0 Å². The average molecular weight is 286 g/mol. The van der Waals surface area contributed by atoms with Gasteiger partial charge in [-0.25, -0.2) is 0 Å². The predicted octanol–water partition coefficient (Wildman–Crippen LogP) is 1.86. The number of hydrogen-bond donors (Lipinski definition) is 3. The second-order valence-corrected chi connectivity index (χ2v) is 4.94. The maximum absolute atomic E-state index is 12.5. The molecule has 0 saturated carbocycles. The van der Waals surface area contributed by atoms with Gasteiger partial charge in [0.15, 0.2) is 0 Å². The second-order valence-electron chi connectivity index (χ2n) is 4.50. The number of hydrazine groups is 1. The number of hydrogen-bond acceptors (Lipinski definition) is 4. The van der Waals surface area contributed by atoms with E-state index in [-0.39, 0.29) is 18.6 Å². The summed E-state index contributed by atoms with van der Waals surface area (Å²) in [6, 6.07) is 4.96. The maximum Gasteiger partial charge on any atom is 0.256 e. The average Bonchev–Trinajstić information content (AvgIpc) is 2.38. The van der Waals surface area contributed by atoms with Gasteiger partial charge in [-0.1, -0.05) is 11.6 Å². The summed E-state index contributed by atoms with van der Waals surface area (Å²) in [5.74, 6) is 5.26. The first kappa shape index (κ1) is 15.8. The highest BCUT2D eigenvalue weighted by molar-refractivity contribution is 6.31. The van der Waals surface area contributed by atoms with Gasteiger partial charge >= 0.3 is 0 Å². The van der Waals surface area contributed by atoms with E-state index in [1.807, 2.05) is 13.8 Å². The van der Waals surface area contributed by atoms with Crippen LogP contribution in [0, 0.1) is 0 Å². The molecule has 0 aliphatic heterocycles. The lowest BCUT2D eigenvalue weighted by molar-refractivity contribution is 0.0694. The zero-order valence-corrected chi connectivity index (χ0v) is 11.9. The smallest absolute Gasteiger partial charge is 0.256 e. The Hall–Kier alpha value is -1.30. The number of nitrogens with zero attached hydrogens (tertiary/aromatic N) is 1. The summed E-state index contributed by atoms with van der Waals surface area (Å²) < 4.78 is 0. The minimum Gasteiger partial charge on any atom is -0.396 e. The topological polar surface area (TPSA) is 78.6 Å². The van der Waals surface area contributed by atoms with Crippen LogP contribution in [0.3, 0.4) is 0 Å². The van der Waals surface area contributed by atoms with E-state index in [0.717, 1.165) is 0 Å².